The van der Waals surface area contributed by atoms with Gasteiger partial charge in [0, 0.05) is 6.20 Å². The summed E-state index contributed by atoms with van der Waals surface area (Å²) in [6.07, 6.45) is 4.92. The maximum absolute atomic E-state index is 12.5. The molecule has 1 aliphatic heterocycles. The van der Waals surface area contributed by atoms with E-state index >= 15 is 0 Å². The molecule has 98 valence electrons. The number of imide groups is 2. The van der Waals surface area contributed by atoms with Crippen molar-refractivity contribution < 1.29 is 14.4 Å². The minimum Gasteiger partial charge on any atom is -0.276 e. The second-order valence-electron chi connectivity index (χ2n) is 5.06. The fourth-order valence-electron chi connectivity index (χ4n) is 2.54. The molecule has 1 aliphatic carbocycles. The Bertz CT molecular complexity index is 593. The predicted octanol–water partition coefficient (Wildman–Crippen LogP) is 1.14. The van der Waals surface area contributed by atoms with Gasteiger partial charge in [-0.2, -0.15) is 0 Å². The normalized spacial score (nSPS) is 21.3. The van der Waals surface area contributed by atoms with Crippen LogP contribution in [0.2, 0.25) is 0 Å². The van der Waals surface area contributed by atoms with E-state index in [1.165, 1.54) is 6.20 Å². The van der Waals surface area contributed by atoms with Gasteiger partial charge in [-0.15, -0.1) is 0 Å². The van der Waals surface area contributed by atoms with E-state index in [2.05, 4.69) is 10.3 Å². The molecule has 3 rings (SSSR count). The standard InChI is InChI=1S/C13H13N3O3/c1-8-5-9(7-14-6-8)16-11(18)13(3-2-4-13)10(17)15-12(16)19/h5-7H,2-4H2,1H3,(H,15,17,19). The second kappa shape index (κ2) is 3.88. The van der Waals surface area contributed by atoms with Gasteiger partial charge in [0.15, 0.2) is 0 Å². The van der Waals surface area contributed by atoms with Crippen molar-refractivity contribution >= 4 is 23.5 Å². The molecule has 2 aliphatic rings. The first-order valence-corrected chi connectivity index (χ1v) is 6.16. The third-order valence-electron chi connectivity index (χ3n) is 3.80. The fourth-order valence-corrected chi connectivity index (χ4v) is 2.54. The first-order valence-electron chi connectivity index (χ1n) is 6.16. The third-order valence-corrected chi connectivity index (χ3v) is 3.80. The Morgan fingerprint density at radius 3 is 2.58 bits per heavy atom. The summed E-state index contributed by atoms with van der Waals surface area (Å²) in [7, 11) is 0. The zero-order valence-electron chi connectivity index (χ0n) is 10.5. The van der Waals surface area contributed by atoms with Crippen LogP contribution in [0, 0.1) is 12.3 Å². The summed E-state index contributed by atoms with van der Waals surface area (Å²) >= 11 is 0. The van der Waals surface area contributed by atoms with Crippen LogP contribution in [0.1, 0.15) is 24.8 Å². The summed E-state index contributed by atoms with van der Waals surface area (Å²) in [6, 6.07) is 1.01. The summed E-state index contributed by atoms with van der Waals surface area (Å²) in [5, 5.41) is 2.27. The molecule has 1 saturated carbocycles. The van der Waals surface area contributed by atoms with Crippen LogP contribution in [0.25, 0.3) is 0 Å². The number of rotatable bonds is 1. The topological polar surface area (TPSA) is 79.4 Å². The molecular weight excluding hydrogens is 246 g/mol. The van der Waals surface area contributed by atoms with Gasteiger partial charge >= 0.3 is 6.03 Å². The Kier molecular flexibility index (Phi) is 2.41. The van der Waals surface area contributed by atoms with Gasteiger partial charge in [0.05, 0.1) is 11.9 Å². The third kappa shape index (κ3) is 1.56. The maximum Gasteiger partial charge on any atom is 0.335 e. The number of barbiturate groups is 1. The minimum atomic E-state index is -1.04. The van der Waals surface area contributed by atoms with Crippen LogP contribution in [-0.4, -0.2) is 22.8 Å². The van der Waals surface area contributed by atoms with E-state index in [1.54, 1.807) is 12.3 Å². The highest BCUT2D eigenvalue weighted by Gasteiger charge is 2.57. The van der Waals surface area contributed by atoms with Gasteiger partial charge in [-0.1, -0.05) is 6.42 Å². The summed E-state index contributed by atoms with van der Waals surface area (Å²) < 4.78 is 0. The Hall–Kier alpha value is -2.24. The van der Waals surface area contributed by atoms with Crippen LogP contribution in [0.3, 0.4) is 0 Å². The number of anilines is 1. The lowest BCUT2D eigenvalue weighted by Crippen LogP contribution is -2.66. The Labute approximate surface area is 109 Å². The van der Waals surface area contributed by atoms with E-state index in [0.717, 1.165) is 16.9 Å². The smallest absolute Gasteiger partial charge is 0.276 e. The summed E-state index contributed by atoms with van der Waals surface area (Å²) in [5.41, 5.74) is 0.205. The average Bonchev–Trinajstić information content (AvgIpc) is 2.26. The lowest BCUT2D eigenvalue weighted by molar-refractivity contribution is -0.148. The number of carbonyl (C=O) groups excluding carboxylic acids is 3. The van der Waals surface area contributed by atoms with Crippen LogP contribution >= 0.6 is 0 Å². The molecule has 0 atom stereocenters. The van der Waals surface area contributed by atoms with E-state index in [1.807, 2.05) is 6.92 Å². The molecule has 1 N–H and O–H groups in total. The van der Waals surface area contributed by atoms with Crippen LogP contribution < -0.4 is 10.2 Å². The van der Waals surface area contributed by atoms with Crippen molar-refractivity contribution in [1.82, 2.24) is 10.3 Å². The van der Waals surface area contributed by atoms with E-state index in [4.69, 9.17) is 0 Å². The van der Waals surface area contributed by atoms with Crippen molar-refractivity contribution in [2.75, 3.05) is 4.90 Å². The molecule has 0 unspecified atom stereocenters. The summed E-state index contributed by atoms with van der Waals surface area (Å²) in [6.45, 7) is 1.83. The van der Waals surface area contributed by atoms with Gasteiger partial charge in [-0.3, -0.25) is 19.9 Å². The Balaban J connectivity index is 2.03. The molecule has 4 amide bonds. The van der Waals surface area contributed by atoms with Crippen molar-refractivity contribution in [2.45, 2.75) is 26.2 Å². The van der Waals surface area contributed by atoms with E-state index in [-0.39, 0.29) is 0 Å². The quantitative estimate of drug-likeness (QED) is 0.767. The van der Waals surface area contributed by atoms with E-state index < -0.39 is 23.3 Å². The molecule has 1 aromatic heterocycles. The minimum absolute atomic E-state index is 0.404. The lowest BCUT2D eigenvalue weighted by atomic mass is 9.66. The number of aryl methyl sites for hydroxylation is 1. The zero-order chi connectivity index (χ0) is 13.6. The number of nitrogens with one attached hydrogen (secondary N) is 1. The predicted molar refractivity (Wildman–Crippen MR) is 66.3 cm³/mol. The van der Waals surface area contributed by atoms with Gasteiger partial charge in [-0.25, -0.2) is 9.69 Å². The molecule has 1 spiro atoms. The average molecular weight is 259 g/mol. The van der Waals surface area contributed by atoms with Crippen LogP contribution in [-0.2, 0) is 9.59 Å². The van der Waals surface area contributed by atoms with Crippen LogP contribution in [0.15, 0.2) is 18.5 Å². The first kappa shape index (κ1) is 11.8. The number of hydrogen-bond donors (Lipinski definition) is 1. The molecule has 0 aromatic carbocycles. The van der Waals surface area contributed by atoms with E-state index in [0.29, 0.717) is 18.5 Å². The van der Waals surface area contributed by atoms with Gasteiger partial charge in [0.25, 0.3) is 5.91 Å². The van der Waals surface area contributed by atoms with Crippen LogP contribution in [0.5, 0.6) is 0 Å². The number of pyridine rings is 1. The largest absolute Gasteiger partial charge is 0.335 e. The van der Waals surface area contributed by atoms with Crippen molar-refractivity contribution in [2.24, 2.45) is 5.41 Å². The molecule has 0 radical (unpaired) electrons. The summed E-state index contributed by atoms with van der Waals surface area (Å²) in [4.78, 5) is 41.3. The molecule has 1 aromatic rings. The summed E-state index contributed by atoms with van der Waals surface area (Å²) in [5.74, 6) is -0.898. The number of carbonyl (C=O) groups is 3. The Morgan fingerprint density at radius 2 is 2.00 bits per heavy atom. The Morgan fingerprint density at radius 1 is 1.26 bits per heavy atom. The number of amides is 4. The monoisotopic (exact) mass is 259 g/mol. The number of hydrogen-bond acceptors (Lipinski definition) is 4. The molecule has 6 nitrogen and oxygen atoms in total. The molecule has 1 saturated heterocycles. The highest BCUT2D eigenvalue weighted by Crippen LogP contribution is 2.45. The highest BCUT2D eigenvalue weighted by molar-refractivity contribution is 6.30. The van der Waals surface area contributed by atoms with Gasteiger partial charge < -0.3 is 0 Å². The highest BCUT2D eigenvalue weighted by atomic mass is 16.2. The van der Waals surface area contributed by atoms with Gasteiger partial charge in [0.2, 0.25) is 5.91 Å². The molecule has 2 fully saturated rings. The van der Waals surface area contributed by atoms with Crippen molar-refractivity contribution in [3.63, 3.8) is 0 Å². The van der Waals surface area contributed by atoms with Gasteiger partial charge in [-0.05, 0) is 31.4 Å². The number of urea groups is 1. The van der Waals surface area contributed by atoms with Crippen molar-refractivity contribution in [3.05, 3.63) is 24.0 Å². The van der Waals surface area contributed by atoms with E-state index in [9.17, 15) is 14.4 Å². The van der Waals surface area contributed by atoms with Crippen LogP contribution in [0.4, 0.5) is 10.5 Å². The molecule has 0 bridgehead atoms. The maximum atomic E-state index is 12.5. The number of aromatic nitrogens is 1. The van der Waals surface area contributed by atoms with Gasteiger partial charge in [0.1, 0.15) is 5.41 Å². The fraction of sp³-hybridized carbons (Fsp3) is 0.385. The zero-order valence-corrected chi connectivity index (χ0v) is 10.5. The SMILES string of the molecule is Cc1cncc(N2C(=O)NC(=O)C3(CCC3)C2=O)c1. The molecule has 2 heterocycles. The van der Waals surface area contributed by atoms with Crippen molar-refractivity contribution in [1.29, 1.82) is 0 Å². The van der Waals surface area contributed by atoms with Crippen molar-refractivity contribution in [3.8, 4) is 0 Å². The molecule has 6 heteroatoms. The second-order valence-corrected chi connectivity index (χ2v) is 5.06. The number of nitrogens with zero attached hydrogens (tertiary/aromatic N) is 2. The first-order chi connectivity index (χ1) is 9.04. The molecule has 19 heavy (non-hydrogen) atoms. The molecular formula is C13H13N3O3. The lowest BCUT2D eigenvalue weighted by Gasteiger charge is -2.44.